The molecule has 0 aliphatic heterocycles. The van der Waals surface area contributed by atoms with Crippen LogP contribution in [-0.4, -0.2) is 15.8 Å². The first-order valence-corrected chi connectivity index (χ1v) is 8.87. The highest BCUT2D eigenvalue weighted by Crippen LogP contribution is 2.34. The van der Waals surface area contributed by atoms with Crippen molar-refractivity contribution in [2.24, 2.45) is 0 Å². The summed E-state index contributed by atoms with van der Waals surface area (Å²) in [6.45, 7) is 0. The van der Waals surface area contributed by atoms with E-state index >= 15 is 0 Å². The van der Waals surface area contributed by atoms with Crippen molar-refractivity contribution in [3.05, 3.63) is 72.8 Å². The van der Waals surface area contributed by atoms with E-state index in [1.807, 2.05) is 6.07 Å². The van der Waals surface area contributed by atoms with Crippen LogP contribution in [0.15, 0.2) is 46.5 Å². The molecule has 0 aliphatic carbocycles. The van der Waals surface area contributed by atoms with E-state index in [0.717, 1.165) is 9.35 Å². The minimum Gasteiger partial charge on any atom is -0.345 e. The number of carbonyl (C=O) groups excluding carboxylic acids is 1. The summed E-state index contributed by atoms with van der Waals surface area (Å²) in [5.41, 5.74) is 1.73. The molecule has 0 radical (unpaired) electrons. The van der Waals surface area contributed by atoms with E-state index in [0.29, 0.717) is 26.3 Å². The SMILES string of the molecule is O=C(/C(=C/c1cc(Br)sc1Cl)c1ncc[nH]1)c1ccc(Cl)cc1. The first-order chi connectivity index (χ1) is 11.0. The van der Waals surface area contributed by atoms with Crippen LogP contribution in [0.25, 0.3) is 11.6 Å². The molecule has 1 N–H and O–H groups in total. The lowest BCUT2D eigenvalue weighted by Crippen LogP contribution is -2.04. The highest BCUT2D eigenvalue weighted by atomic mass is 79.9. The van der Waals surface area contributed by atoms with E-state index in [4.69, 9.17) is 23.2 Å². The van der Waals surface area contributed by atoms with Crippen molar-refractivity contribution in [2.45, 2.75) is 0 Å². The molecule has 7 heteroatoms. The largest absolute Gasteiger partial charge is 0.345 e. The summed E-state index contributed by atoms with van der Waals surface area (Å²) in [6.07, 6.45) is 5.01. The molecule has 0 amide bonds. The fraction of sp³-hybridized carbons (Fsp3) is 0. The molecule has 0 atom stereocenters. The number of nitrogens with one attached hydrogen (secondary N) is 1. The molecule has 0 fully saturated rings. The van der Waals surface area contributed by atoms with Crippen molar-refractivity contribution in [3.63, 3.8) is 0 Å². The number of Topliss-reactive ketones (excluding diaryl/α,β-unsaturated/α-hetero) is 1. The van der Waals surface area contributed by atoms with Gasteiger partial charge in [0.15, 0.2) is 5.78 Å². The van der Waals surface area contributed by atoms with Gasteiger partial charge in [-0.3, -0.25) is 4.79 Å². The zero-order valence-electron chi connectivity index (χ0n) is 11.5. The normalized spacial score (nSPS) is 11.7. The number of halogens is 3. The number of ketones is 1. The van der Waals surface area contributed by atoms with Crippen molar-refractivity contribution in [3.8, 4) is 0 Å². The first kappa shape index (κ1) is 16.5. The van der Waals surface area contributed by atoms with Crippen molar-refractivity contribution in [2.75, 3.05) is 0 Å². The lowest BCUT2D eigenvalue weighted by molar-refractivity contribution is 0.105. The minimum absolute atomic E-state index is 0.157. The number of carbonyl (C=O) groups is 1. The average Bonchev–Trinajstić information content (AvgIpc) is 3.15. The van der Waals surface area contributed by atoms with Gasteiger partial charge in [-0.1, -0.05) is 23.2 Å². The van der Waals surface area contributed by atoms with Gasteiger partial charge in [-0.15, -0.1) is 11.3 Å². The van der Waals surface area contributed by atoms with Gasteiger partial charge < -0.3 is 4.98 Å². The van der Waals surface area contributed by atoms with E-state index in [1.54, 1.807) is 42.7 Å². The Morgan fingerprint density at radius 3 is 2.57 bits per heavy atom. The number of rotatable bonds is 4. The third kappa shape index (κ3) is 3.75. The quantitative estimate of drug-likeness (QED) is 0.412. The standard InChI is InChI=1S/C16H9BrCl2N2OS/c17-13-8-10(15(19)23-13)7-12(16-20-5-6-21-16)14(22)9-1-3-11(18)4-2-9/h1-8H,(H,20,21)/b12-7-. The van der Waals surface area contributed by atoms with Crippen LogP contribution in [-0.2, 0) is 0 Å². The zero-order valence-corrected chi connectivity index (χ0v) is 15.4. The summed E-state index contributed by atoms with van der Waals surface area (Å²) in [5.74, 6) is 0.332. The number of nitrogens with zero attached hydrogens (tertiary/aromatic N) is 1. The molecule has 0 unspecified atom stereocenters. The molecular weight excluding hydrogens is 419 g/mol. The Hall–Kier alpha value is -1.40. The monoisotopic (exact) mass is 426 g/mol. The Bertz CT molecular complexity index is 870. The van der Waals surface area contributed by atoms with Crippen molar-refractivity contribution in [1.29, 1.82) is 0 Å². The summed E-state index contributed by atoms with van der Waals surface area (Å²) in [4.78, 5) is 20.0. The van der Waals surface area contributed by atoms with Crippen LogP contribution in [0, 0.1) is 0 Å². The number of thiophene rings is 1. The fourth-order valence-electron chi connectivity index (χ4n) is 2.02. The first-order valence-electron chi connectivity index (χ1n) is 6.51. The Morgan fingerprint density at radius 2 is 2.00 bits per heavy atom. The summed E-state index contributed by atoms with van der Waals surface area (Å²) >= 11 is 16.9. The van der Waals surface area contributed by atoms with E-state index in [9.17, 15) is 4.79 Å². The average molecular weight is 428 g/mol. The van der Waals surface area contributed by atoms with E-state index < -0.39 is 0 Å². The number of hydrogen-bond acceptors (Lipinski definition) is 3. The second-order valence-electron chi connectivity index (χ2n) is 4.61. The molecule has 0 bridgehead atoms. The van der Waals surface area contributed by atoms with Gasteiger partial charge in [-0.05, 0) is 52.3 Å². The number of H-pyrrole nitrogens is 1. The maximum atomic E-state index is 12.9. The maximum Gasteiger partial charge on any atom is 0.196 e. The Balaban J connectivity index is 2.08. The molecule has 0 saturated carbocycles. The van der Waals surface area contributed by atoms with E-state index in [-0.39, 0.29) is 5.78 Å². The van der Waals surface area contributed by atoms with E-state index in [1.165, 1.54) is 11.3 Å². The lowest BCUT2D eigenvalue weighted by atomic mass is 10.0. The van der Waals surface area contributed by atoms with Gasteiger partial charge in [0.1, 0.15) is 10.2 Å². The van der Waals surface area contributed by atoms with Gasteiger partial charge in [0.2, 0.25) is 0 Å². The molecular formula is C16H9BrCl2N2OS. The summed E-state index contributed by atoms with van der Waals surface area (Å²) in [5, 5.41) is 0.579. The molecule has 0 spiro atoms. The molecule has 23 heavy (non-hydrogen) atoms. The lowest BCUT2D eigenvalue weighted by Gasteiger charge is -2.05. The third-order valence-electron chi connectivity index (χ3n) is 3.09. The predicted molar refractivity (Wildman–Crippen MR) is 99.3 cm³/mol. The molecule has 0 saturated heterocycles. The van der Waals surface area contributed by atoms with Crippen LogP contribution in [0.5, 0.6) is 0 Å². The third-order valence-corrected chi connectivity index (χ3v) is 5.23. The van der Waals surface area contributed by atoms with Gasteiger partial charge in [-0.2, -0.15) is 0 Å². The van der Waals surface area contributed by atoms with E-state index in [2.05, 4.69) is 25.9 Å². The van der Waals surface area contributed by atoms with Crippen LogP contribution in [0.2, 0.25) is 9.36 Å². The van der Waals surface area contributed by atoms with Crippen LogP contribution >= 0.6 is 50.5 Å². The molecule has 0 aliphatic rings. The van der Waals surface area contributed by atoms with Gasteiger partial charge in [0.05, 0.1) is 9.36 Å². The highest BCUT2D eigenvalue weighted by Gasteiger charge is 2.18. The van der Waals surface area contributed by atoms with Crippen LogP contribution < -0.4 is 0 Å². The highest BCUT2D eigenvalue weighted by molar-refractivity contribution is 9.11. The van der Waals surface area contributed by atoms with Crippen LogP contribution in [0.1, 0.15) is 21.7 Å². The fourth-order valence-corrected chi connectivity index (χ4v) is 4.11. The zero-order chi connectivity index (χ0) is 16.4. The van der Waals surface area contributed by atoms with Gasteiger partial charge in [0, 0.05) is 28.5 Å². The molecule has 3 rings (SSSR count). The van der Waals surface area contributed by atoms with Gasteiger partial charge in [-0.25, -0.2) is 4.98 Å². The number of aromatic nitrogens is 2. The minimum atomic E-state index is -0.157. The summed E-state index contributed by atoms with van der Waals surface area (Å²) < 4.78 is 1.50. The number of allylic oxidation sites excluding steroid dienone is 1. The smallest absolute Gasteiger partial charge is 0.196 e. The van der Waals surface area contributed by atoms with Crippen LogP contribution in [0.3, 0.4) is 0 Å². The topological polar surface area (TPSA) is 45.8 Å². The van der Waals surface area contributed by atoms with Crippen molar-refractivity contribution < 1.29 is 4.79 Å². The molecule has 1 aromatic carbocycles. The molecule has 3 nitrogen and oxygen atoms in total. The predicted octanol–water partition coefficient (Wildman–Crippen LogP) is 5.96. The molecule has 116 valence electrons. The van der Waals surface area contributed by atoms with Gasteiger partial charge in [0.25, 0.3) is 0 Å². The molecule has 2 heterocycles. The number of benzene rings is 1. The number of imidazole rings is 1. The molecule has 2 aromatic heterocycles. The number of hydrogen-bond donors (Lipinski definition) is 1. The summed E-state index contributed by atoms with van der Waals surface area (Å²) in [6, 6.07) is 8.61. The molecule has 3 aromatic rings. The second-order valence-corrected chi connectivity index (χ2v) is 8.08. The summed E-state index contributed by atoms with van der Waals surface area (Å²) in [7, 11) is 0. The Morgan fingerprint density at radius 1 is 1.26 bits per heavy atom. The number of aromatic amines is 1. The van der Waals surface area contributed by atoms with Crippen LogP contribution in [0.4, 0.5) is 0 Å². The Labute approximate surface area is 155 Å². The van der Waals surface area contributed by atoms with Crippen molar-refractivity contribution in [1.82, 2.24) is 9.97 Å². The second kappa shape index (κ2) is 7.01. The van der Waals surface area contributed by atoms with Gasteiger partial charge >= 0.3 is 0 Å². The Kier molecular flexibility index (Phi) is 5.02. The maximum absolute atomic E-state index is 12.9. The van der Waals surface area contributed by atoms with Crippen molar-refractivity contribution >= 4 is 67.9 Å².